The molecule has 0 aliphatic carbocycles. The number of hydrogen-bond donors (Lipinski definition) is 1. The van der Waals surface area contributed by atoms with Gasteiger partial charge < -0.3 is 14.8 Å². The summed E-state index contributed by atoms with van der Waals surface area (Å²) in [5.41, 5.74) is -0.234. The fourth-order valence-corrected chi connectivity index (χ4v) is 3.58. The summed E-state index contributed by atoms with van der Waals surface area (Å²) in [5, 5.41) is 3.12. The van der Waals surface area contributed by atoms with Crippen molar-refractivity contribution in [2.45, 2.75) is 31.3 Å². The number of rotatable bonds is 3. The predicted molar refractivity (Wildman–Crippen MR) is 95.0 cm³/mol. The summed E-state index contributed by atoms with van der Waals surface area (Å²) < 4.78 is 50.5. The number of nitrogens with zero attached hydrogens (tertiary/aromatic N) is 2. The number of amidine groups is 1. The van der Waals surface area contributed by atoms with Crippen LogP contribution < -0.4 is 10.2 Å². The summed E-state index contributed by atoms with van der Waals surface area (Å²) in [4.78, 5) is 16.4. The summed E-state index contributed by atoms with van der Waals surface area (Å²) in [7, 11) is 1.03. The zero-order chi connectivity index (χ0) is 19.0. The summed E-state index contributed by atoms with van der Waals surface area (Å²) in [6.07, 6.45) is -4.99. The first-order valence-electron chi connectivity index (χ1n) is 7.16. The molecule has 5 nitrogen and oxygen atoms in total. The number of amides is 1. The van der Waals surface area contributed by atoms with Crippen LogP contribution in [0.3, 0.4) is 0 Å². The molecule has 25 heavy (non-hydrogen) atoms. The van der Waals surface area contributed by atoms with Crippen LogP contribution in [0.1, 0.15) is 19.4 Å². The van der Waals surface area contributed by atoms with Gasteiger partial charge in [0.15, 0.2) is 0 Å². The molecule has 1 aliphatic heterocycles. The Bertz CT molecular complexity index is 735. The third kappa shape index (κ3) is 4.31. The highest BCUT2D eigenvalue weighted by Crippen LogP contribution is 2.27. The van der Waals surface area contributed by atoms with Gasteiger partial charge in [-0.3, -0.25) is 4.79 Å². The third-order valence-electron chi connectivity index (χ3n) is 3.56. The molecule has 0 spiro atoms. The number of para-hydroxylation sites is 1. The lowest BCUT2D eigenvalue weighted by Gasteiger charge is -2.22. The molecular formula is C15H16F3N3O2S2. The monoisotopic (exact) mass is 391 g/mol. The molecule has 0 aromatic heterocycles. The van der Waals surface area contributed by atoms with E-state index in [4.69, 9.17) is 12.2 Å². The van der Waals surface area contributed by atoms with Crippen LogP contribution in [0.25, 0.3) is 0 Å². The van der Waals surface area contributed by atoms with E-state index in [9.17, 15) is 22.5 Å². The van der Waals surface area contributed by atoms with E-state index in [-0.39, 0.29) is 16.6 Å². The Hall–Kier alpha value is -1.65. The van der Waals surface area contributed by atoms with Crippen LogP contribution in [0.2, 0.25) is 0 Å². The molecule has 1 unspecified atom stereocenters. The molecule has 0 fully saturated rings. The molecule has 1 aliphatic rings. The van der Waals surface area contributed by atoms with Crippen LogP contribution in [-0.4, -0.2) is 39.4 Å². The normalized spacial score (nSPS) is 17.7. The highest BCUT2D eigenvalue weighted by Gasteiger charge is 2.42. The van der Waals surface area contributed by atoms with Gasteiger partial charge in [-0.15, -0.1) is 0 Å². The minimum atomic E-state index is -4.99. The Morgan fingerprint density at radius 3 is 2.52 bits per heavy atom. The van der Waals surface area contributed by atoms with Crippen LogP contribution in [-0.2, 0) is 21.7 Å². The van der Waals surface area contributed by atoms with Crippen LogP contribution in [0.4, 0.5) is 18.9 Å². The van der Waals surface area contributed by atoms with Crippen molar-refractivity contribution in [2.75, 3.05) is 11.9 Å². The highest BCUT2D eigenvalue weighted by molar-refractivity contribution is 8.05. The van der Waals surface area contributed by atoms with E-state index in [1.807, 2.05) is 0 Å². The first-order valence-corrected chi connectivity index (χ1v) is 8.88. The average Bonchev–Trinajstić information content (AvgIpc) is 2.79. The van der Waals surface area contributed by atoms with Crippen molar-refractivity contribution in [1.29, 1.82) is 0 Å². The Morgan fingerprint density at radius 1 is 1.40 bits per heavy atom. The van der Waals surface area contributed by atoms with Crippen molar-refractivity contribution in [3.63, 3.8) is 0 Å². The number of hydrogen-bond acceptors (Lipinski definition) is 4. The van der Waals surface area contributed by atoms with Gasteiger partial charge in [0.2, 0.25) is 0 Å². The lowest BCUT2D eigenvalue weighted by atomic mass is 10.1. The average molecular weight is 391 g/mol. The van der Waals surface area contributed by atoms with E-state index in [2.05, 4.69) is 10.3 Å². The maximum atomic E-state index is 12.7. The van der Waals surface area contributed by atoms with Gasteiger partial charge in [-0.1, -0.05) is 30.4 Å². The Labute approximate surface area is 151 Å². The molecule has 1 aromatic carbocycles. The fourth-order valence-electron chi connectivity index (χ4n) is 2.16. The number of benzene rings is 1. The standard InChI is InChI=1S/C15H16F3N3O2S2/c1-14(2)11(24)19-13(20-14)25(23)8-9-6-4-5-7-10(9)21(3)12(22)15(16,17)18/h4-7H,8H2,1-3H3,(H,19,20,24). The SMILES string of the molecule is CN(C(=O)C(F)(F)F)c1ccccc1C[S+]([O-])C1=NC(=S)C(C)(C)N1. The van der Waals surface area contributed by atoms with Crippen LogP contribution >= 0.6 is 12.2 Å². The summed E-state index contributed by atoms with van der Waals surface area (Å²) in [6, 6.07) is 5.99. The quantitative estimate of drug-likeness (QED) is 0.635. The zero-order valence-electron chi connectivity index (χ0n) is 13.7. The molecule has 0 radical (unpaired) electrons. The van der Waals surface area contributed by atoms with E-state index >= 15 is 0 Å². The largest absolute Gasteiger partial charge is 0.609 e. The van der Waals surface area contributed by atoms with Crippen LogP contribution in [0, 0.1) is 0 Å². The fraction of sp³-hybridized carbons (Fsp3) is 0.400. The van der Waals surface area contributed by atoms with Crippen molar-refractivity contribution in [1.82, 2.24) is 5.32 Å². The first kappa shape index (κ1) is 19.7. The minimum absolute atomic E-state index is 0.0404. The number of halogens is 3. The minimum Gasteiger partial charge on any atom is -0.609 e. The molecule has 2 rings (SSSR count). The van der Waals surface area contributed by atoms with Gasteiger partial charge in [-0.2, -0.15) is 18.2 Å². The molecule has 0 saturated carbocycles. The van der Waals surface area contributed by atoms with Gasteiger partial charge in [0.25, 0.3) is 0 Å². The number of carbonyl (C=O) groups is 1. The number of aliphatic imine (C=N–C) groups is 1. The van der Waals surface area contributed by atoms with Gasteiger partial charge in [0, 0.05) is 23.8 Å². The molecule has 1 heterocycles. The molecular weight excluding hydrogens is 375 g/mol. The smallest absolute Gasteiger partial charge is 0.471 e. The van der Waals surface area contributed by atoms with Gasteiger partial charge in [-0.25, -0.2) is 0 Å². The molecule has 136 valence electrons. The number of nitrogens with one attached hydrogen (secondary N) is 1. The molecule has 0 saturated heterocycles. The van der Waals surface area contributed by atoms with E-state index in [0.717, 1.165) is 7.05 Å². The predicted octanol–water partition coefficient (Wildman–Crippen LogP) is 2.53. The van der Waals surface area contributed by atoms with Crippen LogP contribution in [0.5, 0.6) is 0 Å². The molecule has 1 atom stereocenters. The second-order valence-electron chi connectivity index (χ2n) is 5.95. The van der Waals surface area contributed by atoms with E-state index in [0.29, 0.717) is 15.5 Å². The van der Waals surface area contributed by atoms with E-state index in [1.54, 1.807) is 19.9 Å². The van der Waals surface area contributed by atoms with E-state index in [1.165, 1.54) is 18.2 Å². The summed E-state index contributed by atoms with van der Waals surface area (Å²) in [6.45, 7) is 3.57. The van der Waals surface area contributed by atoms with Crippen molar-refractivity contribution in [3.8, 4) is 0 Å². The van der Waals surface area contributed by atoms with Crippen LogP contribution in [0.15, 0.2) is 29.3 Å². The van der Waals surface area contributed by atoms with Crippen molar-refractivity contribution >= 4 is 45.1 Å². The second-order valence-corrected chi connectivity index (χ2v) is 7.71. The Morgan fingerprint density at radius 2 is 2.00 bits per heavy atom. The third-order valence-corrected chi connectivity index (χ3v) is 5.36. The Kier molecular flexibility index (Phi) is 5.45. The van der Waals surface area contributed by atoms with Gasteiger partial charge >= 0.3 is 17.3 Å². The lowest BCUT2D eigenvalue weighted by molar-refractivity contribution is -0.170. The van der Waals surface area contributed by atoms with Gasteiger partial charge in [0.05, 0.1) is 11.2 Å². The Balaban J connectivity index is 2.23. The summed E-state index contributed by atoms with van der Waals surface area (Å²) in [5.74, 6) is -2.10. The summed E-state index contributed by atoms with van der Waals surface area (Å²) >= 11 is 3.45. The second kappa shape index (κ2) is 6.93. The van der Waals surface area contributed by atoms with Crippen molar-refractivity contribution in [3.05, 3.63) is 29.8 Å². The zero-order valence-corrected chi connectivity index (χ0v) is 15.3. The van der Waals surface area contributed by atoms with Crippen molar-refractivity contribution in [2.24, 2.45) is 4.99 Å². The van der Waals surface area contributed by atoms with Gasteiger partial charge in [0.1, 0.15) is 10.7 Å². The molecule has 1 amide bonds. The molecule has 0 bridgehead atoms. The number of alkyl halides is 3. The molecule has 1 aromatic rings. The first-order chi connectivity index (χ1) is 11.4. The number of carbonyl (C=O) groups excluding carboxylic acids is 1. The lowest BCUT2D eigenvalue weighted by Crippen LogP contribution is -2.44. The maximum Gasteiger partial charge on any atom is 0.471 e. The molecule has 10 heteroatoms. The molecule has 1 N–H and O–H groups in total. The van der Waals surface area contributed by atoms with E-state index < -0.39 is 28.8 Å². The highest BCUT2D eigenvalue weighted by atomic mass is 32.2. The topological polar surface area (TPSA) is 67.8 Å². The van der Waals surface area contributed by atoms with Gasteiger partial charge in [-0.05, 0) is 19.9 Å². The van der Waals surface area contributed by atoms with Crippen molar-refractivity contribution < 1.29 is 22.5 Å². The maximum absolute atomic E-state index is 12.7. The number of thiocarbonyl (C=S) groups is 1. The number of anilines is 1.